The SMILES string of the molecule is O=C(NCCc1cccc2cccnc12)N1CCCC2(CC=CCC2)C1. The quantitative estimate of drug-likeness (QED) is 0.839. The van der Waals surface area contributed by atoms with Crippen LogP contribution in [0.2, 0.25) is 0 Å². The van der Waals surface area contributed by atoms with E-state index >= 15 is 0 Å². The van der Waals surface area contributed by atoms with Crippen LogP contribution in [0.15, 0.2) is 48.7 Å². The number of rotatable bonds is 3. The van der Waals surface area contributed by atoms with Gasteiger partial charge in [-0.05, 0) is 55.6 Å². The first-order valence-electron chi connectivity index (χ1n) is 9.76. The zero-order chi connectivity index (χ0) is 17.8. The van der Waals surface area contributed by atoms with E-state index < -0.39 is 0 Å². The lowest BCUT2D eigenvalue weighted by Gasteiger charge is -2.43. The van der Waals surface area contributed by atoms with Gasteiger partial charge in [-0.1, -0.05) is 36.4 Å². The number of hydrogen-bond acceptors (Lipinski definition) is 2. The number of carbonyl (C=O) groups is 1. The number of aromatic nitrogens is 1. The van der Waals surface area contributed by atoms with Crippen LogP contribution in [0.25, 0.3) is 10.9 Å². The van der Waals surface area contributed by atoms with Crippen LogP contribution in [0.1, 0.15) is 37.7 Å². The van der Waals surface area contributed by atoms with Crippen molar-refractivity contribution in [3.05, 3.63) is 54.2 Å². The molecule has 0 saturated carbocycles. The highest BCUT2D eigenvalue weighted by Gasteiger charge is 2.36. The molecular formula is C22H27N3O. The second-order valence-electron chi connectivity index (χ2n) is 7.71. The minimum absolute atomic E-state index is 0.0897. The first-order valence-corrected chi connectivity index (χ1v) is 9.76. The molecule has 1 aliphatic carbocycles. The Labute approximate surface area is 155 Å². The van der Waals surface area contributed by atoms with Gasteiger partial charge in [-0.3, -0.25) is 4.98 Å². The first kappa shape index (κ1) is 17.1. The van der Waals surface area contributed by atoms with E-state index in [1.54, 1.807) is 0 Å². The van der Waals surface area contributed by atoms with Crippen LogP contribution < -0.4 is 5.32 Å². The number of nitrogens with zero attached hydrogens (tertiary/aromatic N) is 2. The van der Waals surface area contributed by atoms with Crippen LogP contribution in [0.3, 0.4) is 0 Å². The maximum Gasteiger partial charge on any atom is 0.317 e. The molecule has 0 radical (unpaired) electrons. The lowest BCUT2D eigenvalue weighted by molar-refractivity contribution is 0.0961. The molecule has 2 aromatic rings. The average molecular weight is 349 g/mol. The van der Waals surface area contributed by atoms with Crippen molar-refractivity contribution in [3.63, 3.8) is 0 Å². The summed E-state index contributed by atoms with van der Waals surface area (Å²) in [5.74, 6) is 0. The van der Waals surface area contributed by atoms with Gasteiger partial charge in [0.25, 0.3) is 0 Å². The number of urea groups is 1. The molecule has 1 unspecified atom stereocenters. The molecule has 0 bridgehead atoms. The van der Waals surface area contributed by atoms with Crippen molar-refractivity contribution >= 4 is 16.9 Å². The standard InChI is InChI=1S/C22H27N3O/c26-21(25-16-6-13-22(17-25)11-2-1-3-12-22)24-15-10-19-8-4-7-18-9-5-14-23-20(18)19/h1-2,4-5,7-9,14H,3,6,10-13,15-17H2,(H,24,26). The summed E-state index contributed by atoms with van der Waals surface area (Å²) in [7, 11) is 0. The Hall–Kier alpha value is -2.36. The Morgan fingerprint density at radius 3 is 3.00 bits per heavy atom. The normalized spacial score (nSPS) is 22.7. The number of hydrogen-bond donors (Lipinski definition) is 1. The monoisotopic (exact) mass is 349 g/mol. The lowest BCUT2D eigenvalue weighted by Crippen LogP contribution is -2.50. The number of likely N-dealkylation sites (tertiary alicyclic amines) is 1. The van der Waals surface area contributed by atoms with E-state index in [0.29, 0.717) is 12.0 Å². The van der Waals surface area contributed by atoms with Crippen LogP contribution in [-0.2, 0) is 6.42 Å². The average Bonchev–Trinajstić information content (AvgIpc) is 2.69. The molecule has 4 nitrogen and oxygen atoms in total. The predicted molar refractivity (Wildman–Crippen MR) is 105 cm³/mol. The highest BCUT2D eigenvalue weighted by Crippen LogP contribution is 2.40. The van der Waals surface area contributed by atoms with Crippen LogP contribution in [-0.4, -0.2) is 35.5 Å². The van der Waals surface area contributed by atoms with E-state index in [4.69, 9.17) is 0 Å². The Balaban J connectivity index is 1.34. The Morgan fingerprint density at radius 2 is 2.12 bits per heavy atom. The van der Waals surface area contributed by atoms with Crippen molar-refractivity contribution in [2.45, 2.75) is 38.5 Å². The Morgan fingerprint density at radius 1 is 1.19 bits per heavy atom. The summed E-state index contributed by atoms with van der Waals surface area (Å²) in [6.45, 7) is 2.43. The summed E-state index contributed by atoms with van der Waals surface area (Å²) < 4.78 is 0. The van der Waals surface area contributed by atoms with Crippen molar-refractivity contribution in [2.24, 2.45) is 5.41 Å². The lowest BCUT2D eigenvalue weighted by atomic mass is 9.71. The van der Waals surface area contributed by atoms with Crippen molar-refractivity contribution in [2.75, 3.05) is 19.6 Å². The van der Waals surface area contributed by atoms with E-state index in [1.807, 2.05) is 17.2 Å². The largest absolute Gasteiger partial charge is 0.338 e. The van der Waals surface area contributed by atoms with Crippen molar-refractivity contribution in [1.82, 2.24) is 15.2 Å². The predicted octanol–water partition coefficient (Wildman–Crippen LogP) is 4.31. The summed E-state index contributed by atoms with van der Waals surface area (Å²) in [5, 5.41) is 4.28. The molecule has 26 heavy (non-hydrogen) atoms. The van der Waals surface area contributed by atoms with Crippen molar-refractivity contribution in [3.8, 4) is 0 Å². The number of pyridine rings is 1. The third-order valence-corrected chi connectivity index (χ3v) is 5.89. The molecular weight excluding hydrogens is 322 g/mol. The highest BCUT2D eigenvalue weighted by atomic mass is 16.2. The molecule has 1 spiro atoms. The number of benzene rings is 1. The van der Waals surface area contributed by atoms with Gasteiger partial charge in [0.2, 0.25) is 0 Å². The fraction of sp³-hybridized carbons (Fsp3) is 0.455. The number of amides is 2. The van der Waals surface area contributed by atoms with Crippen LogP contribution in [0.5, 0.6) is 0 Å². The number of allylic oxidation sites excluding steroid dienone is 2. The van der Waals surface area contributed by atoms with E-state index in [1.165, 1.54) is 18.4 Å². The first-order chi connectivity index (χ1) is 12.8. The molecule has 1 atom stereocenters. The molecule has 2 heterocycles. The number of fused-ring (bicyclic) bond motifs is 1. The summed E-state index contributed by atoms with van der Waals surface area (Å²) in [5.41, 5.74) is 2.55. The van der Waals surface area contributed by atoms with Gasteiger partial charge < -0.3 is 10.2 Å². The molecule has 2 aliphatic rings. The molecule has 136 valence electrons. The van der Waals surface area contributed by atoms with Crippen LogP contribution in [0.4, 0.5) is 4.79 Å². The Bertz CT molecular complexity index is 811. The molecule has 2 amide bonds. The Kier molecular flexibility index (Phi) is 4.91. The molecule has 1 aromatic heterocycles. The van der Waals surface area contributed by atoms with Crippen LogP contribution in [0, 0.1) is 5.41 Å². The minimum Gasteiger partial charge on any atom is -0.338 e. The van der Waals surface area contributed by atoms with E-state index in [9.17, 15) is 4.79 Å². The molecule has 1 N–H and O–H groups in total. The van der Waals surface area contributed by atoms with Gasteiger partial charge in [-0.25, -0.2) is 4.79 Å². The van der Waals surface area contributed by atoms with Crippen molar-refractivity contribution < 1.29 is 4.79 Å². The number of para-hydroxylation sites is 1. The minimum atomic E-state index is 0.0897. The van der Waals surface area contributed by atoms with Gasteiger partial charge in [-0.15, -0.1) is 0 Å². The summed E-state index contributed by atoms with van der Waals surface area (Å²) in [6, 6.07) is 10.4. The van der Waals surface area contributed by atoms with Gasteiger partial charge in [0, 0.05) is 31.2 Å². The molecule has 1 aliphatic heterocycles. The van der Waals surface area contributed by atoms with Gasteiger partial charge in [0.15, 0.2) is 0 Å². The summed E-state index contributed by atoms with van der Waals surface area (Å²) in [4.78, 5) is 19.2. The zero-order valence-electron chi connectivity index (χ0n) is 15.3. The molecule has 4 heteroatoms. The van der Waals surface area contributed by atoms with Gasteiger partial charge in [0.05, 0.1) is 5.52 Å². The maximum atomic E-state index is 12.7. The fourth-order valence-electron chi connectivity index (χ4n) is 4.48. The fourth-order valence-corrected chi connectivity index (χ4v) is 4.48. The maximum absolute atomic E-state index is 12.7. The van der Waals surface area contributed by atoms with Gasteiger partial charge in [0.1, 0.15) is 0 Å². The summed E-state index contributed by atoms with van der Waals surface area (Å²) >= 11 is 0. The van der Waals surface area contributed by atoms with Crippen LogP contribution >= 0.6 is 0 Å². The van der Waals surface area contributed by atoms with Crippen molar-refractivity contribution in [1.29, 1.82) is 0 Å². The molecule has 1 aromatic carbocycles. The number of piperidine rings is 1. The smallest absolute Gasteiger partial charge is 0.317 e. The second-order valence-corrected chi connectivity index (χ2v) is 7.71. The molecule has 4 rings (SSSR count). The number of carbonyl (C=O) groups excluding carboxylic acids is 1. The summed E-state index contributed by atoms with van der Waals surface area (Å²) in [6.07, 6.45) is 13.1. The zero-order valence-corrected chi connectivity index (χ0v) is 15.3. The topological polar surface area (TPSA) is 45.2 Å². The molecule has 1 saturated heterocycles. The second kappa shape index (κ2) is 7.48. The van der Waals surface area contributed by atoms with Gasteiger partial charge in [-0.2, -0.15) is 0 Å². The molecule has 1 fully saturated rings. The third kappa shape index (κ3) is 3.59. The van der Waals surface area contributed by atoms with E-state index in [-0.39, 0.29) is 6.03 Å². The number of nitrogens with one attached hydrogen (secondary N) is 1. The highest BCUT2D eigenvalue weighted by molar-refractivity contribution is 5.81. The third-order valence-electron chi connectivity index (χ3n) is 5.89. The van der Waals surface area contributed by atoms with Gasteiger partial charge >= 0.3 is 6.03 Å². The van der Waals surface area contributed by atoms with E-state index in [0.717, 1.165) is 49.7 Å². The van der Waals surface area contributed by atoms with E-state index in [2.05, 4.69) is 46.7 Å².